The first-order chi connectivity index (χ1) is 15.0. The van der Waals surface area contributed by atoms with Crippen LogP contribution in [0.4, 0.5) is 4.79 Å². The van der Waals surface area contributed by atoms with Gasteiger partial charge >= 0.3 is 6.09 Å². The normalized spacial score (nSPS) is 29.4. The summed E-state index contributed by atoms with van der Waals surface area (Å²) in [4.78, 5) is 33.0. The number of nitrogens with zero attached hydrogens (tertiary/aromatic N) is 2. The van der Waals surface area contributed by atoms with Gasteiger partial charge in [0.05, 0.1) is 6.10 Å². The van der Waals surface area contributed by atoms with Crippen LogP contribution < -0.4 is 5.32 Å². The third kappa shape index (κ3) is 3.65. The van der Waals surface area contributed by atoms with Crippen LogP contribution in [0.15, 0.2) is 23.2 Å². The van der Waals surface area contributed by atoms with Gasteiger partial charge in [-0.25, -0.2) is 9.79 Å². The van der Waals surface area contributed by atoms with E-state index in [1.54, 1.807) is 34.9 Å². The summed E-state index contributed by atoms with van der Waals surface area (Å²) in [7, 11) is 3.42. The number of carbonyl (C=O) groups is 2. The summed E-state index contributed by atoms with van der Waals surface area (Å²) < 4.78 is 11.0. The minimum Gasteiger partial charge on any atom is -0.444 e. The molecule has 1 aliphatic heterocycles. The van der Waals surface area contributed by atoms with Gasteiger partial charge in [-0.05, 0) is 69.6 Å². The molecule has 1 atom stereocenters. The molecule has 7 nitrogen and oxygen atoms in total. The number of benzene rings is 1. The molecule has 3 aliphatic rings. The topological polar surface area (TPSA) is 80.2 Å². The van der Waals surface area contributed by atoms with E-state index in [0.29, 0.717) is 5.33 Å². The lowest BCUT2D eigenvalue weighted by Gasteiger charge is -2.45. The summed E-state index contributed by atoms with van der Waals surface area (Å²) in [6.45, 7) is 5.41. The summed E-state index contributed by atoms with van der Waals surface area (Å²) in [5.74, 6) is 0.152. The number of methoxy groups -OCH3 is 1. The lowest BCUT2D eigenvalue weighted by molar-refractivity contribution is -0.137. The van der Waals surface area contributed by atoms with E-state index in [0.717, 1.165) is 48.8 Å². The molecule has 1 heterocycles. The van der Waals surface area contributed by atoms with E-state index in [-0.39, 0.29) is 23.4 Å². The van der Waals surface area contributed by atoms with E-state index in [4.69, 9.17) is 14.5 Å². The van der Waals surface area contributed by atoms with E-state index in [1.165, 1.54) is 4.90 Å². The van der Waals surface area contributed by atoms with Crippen LogP contribution in [0.25, 0.3) is 0 Å². The van der Waals surface area contributed by atoms with Crippen molar-refractivity contribution >= 4 is 33.9 Å². The first-order valence-corrected chi connectivity index (χ1v) is 12.3. The molecule has 8 heteroatoms. The number of fused-ring (bicyclic) bond motifs is 3. The molecule has 1 fully saturated rings. The lowest BCUT2D eigenvalue weighted by atomic mass is 9.61. The van der Waals surface area contributed by atoms with E-state index < -0.39 is 17.2 Å². The molecule has 1 aromatic carbocycles. The fourth-order valence-electron chi connectivity index (χ4n) is 5.54. The Morgan fingerprint density at radius 1 is 1.31 bits per heavy atom. The van der Waals surface area contributed by atoms with Gasteiger partial charge in [0.2, 0.25) is 5.96 Å². The number of carbonyl (C=O) groups excluding carboxylic acids is 2. The molecule has 1 saturated carbocycles. The van der Waals surface area contributed by atoms with Crippen molar-refractivity contribution in [3.8, 4) is 0 Å². The molecule has 2 aliphatic carbocycles. The third-order valence-electron chi connectivity index (χ3n) is 7.06. The second-order valence-electron chi connectivity index (χ2n) is 10.2. The number of aliphatic imine (C=N–C) groups is 1. The Kier molecular flexibility index (Phi) is 5.91. The highest BCUT2D eigenvalue weighted by atomic mass is 79.9. The van der Waals surface area contributed by atoms with Gasteiger partial charge in [0, 0.05) is 24.9 Å². The number of halogens is 1. The number of likely N-dealkylation sites (N-methyl/N-ethyl adjacent to an activating group) is 1. The van der Waals surface area contributed by atoms with E-state index >= 15 is 0 Å². The van der Waals surface area contributed by atoms with E-state index in [9.17, 15) is 9.59 Å². The van der Waals surface area contributed by atoms with Gasteiger partial charge in [-0.1, -0.05) is 34.1 Å². The first-order valence-electron chi connectivity index (χ1n) is 11.1. The van der Waals surface area contributed by atoms with E-state index in [2.05, 4.69) is 39.4 Å². The van der Waals surface area contributed by atoms with Gasteiger partial charge in [-0.2, -0.15) is 0 Å². The number of nitrogens with one attached hydrogen (secondary N) is 1. The van der Waals surface area contributed by atoms with Gasteiger partial charge in [-0.3, -0.25) is 15.0 Å². The van der Waals surface area contributed by atoms with Crippen LogP contribution in [0.2, 0.25) is 0 Å². The molecule has 32 heavy (non-hydrogen) atoms. The smallest absolute Gasteiger partial charge is 0.414 e. The quantitative estimate of drug-likeness (QED) is 0.608. The molecule has 2 spiro atoms. The summed E-state index contributed by atoms with van der Waals surface area (Å²) in [5.41, 5.74) is 1.20. The second kappa shape index (κ2) is 8.13. The summed E-state index contributed by atoms with van der Waals surface area (Å²) in [6, 6.07) is 6.34. The molecule has 0 aromatic heterocycles. The highest BCUT2D eigenvalue weighted by Gasteiger charge is 2.66. The van der Waals surface area contributed by atoms with Crippen LogP contribution in [-0.4, -0.2) is 48.7 Å². The van der Waals surface area contributed by atoms with Crippen molar-refractivity contribution in [1.82, 2.24) is 10.2 Å². The summed E-state index contributed by atoms with van der Waals surface area (Å²) in [5, 5.41) is 3.43. The SMILES string of the molecule is COC1CCC2(CC1)Cc1ccc(CBr)cc1C21N=C(NC(=O)OC(C)(C)C)N(C)C1=O. The number of alkyl halides is 1. The lowest BCUT2D eigenvalue weighted by Crippen LogP contribution is -2.51. The standard InChI is InChI=1S/C24H32BrN3O4/c1-22(2,3)32-21(30)26-20-27-24(19(29)28(20)4)18-12-15(14-25)6-7-16(18)13-23(24)10-8-17(31-5)9-11-23/h6-7,12,17H,8-11,13-14H2,1-5H3,(H,26,27,30). The Bertz CT molecular complexity index is 962. The average molecular weight is 506 g/mol. The molecule has 2 amide bonds. The molecular weight excluding hydrogens is 474 g/mol. The molecule has 4 rings (SSSR count). The molecule has 0 bridgehead atoms. The second-order valence-corrected chi connectivity index (χ2v) is 10.7. The number of amides is 2. The van der Waals surface area contributed by atoms with Gasteiger partial charge in [0.15, 0.2) is 5.54 Å². The fraction of sp³-hybridized carbons (Fsp3) is 0.625. The van der Waals surface area contributed by atoms with Gasteiger partial charge < -0.3 is 9.47 Å². The van der Waals surface area contributed by atoms with Crippen LogP contribution in [0, 0.1) is 5.41 Å². The predicted octanol–water partition coefficient (Wildman–Crippen LogP) is 4.26. The molecule has 1 N–H and O–H groups in total. The van der Waals surface area contributed by atoms with Gasteiger partial charge in [0.25, 0.3) is 5.91 Å². The number of guanidine groups is 1. The van der Waals surface area contributed by atoms with Crippen molar-refractivity contribution in [1.29, 1.82) is 0 Å². The Balaban J connectivity index is 1.79. The number of rotatable bonds is 2. The van der Waals surface area contributed by atoms with Gasteiger partial charge in [-0.15, -0.1) is 0 Å². The molecule has 174 valence electrons. The largest absolute Gasteiger partial charge is 0.444 e. The maximum Gasteiger partial charge on any atom is 0.414 e. The Hall–Kier alpha value is -1.93. The maximum atomic E-state index is 14.0. The Labute approximate surface area is 198 Å². The van der Waals surface area contributed by atoms with Crippen molar-refractivity contribution in [2.24, 2.45) is 10.4 Å². The summed E-state index contributed by atoms with van der Waals surface area (Å²) in [6.07, 6.45) is 3.84. The molecule has 0 radical (unpaired) electrons. The highest BCUT2D eigenvalue weighted by molar-refractivity contribution is 9.08. The third-order valence-corrected chi connectivity index (χ3v) is 7.70. The van der Waals surface area contributed by atoms with Crippen molar-refractivity contribution < 1.29 is 19.1 Å². The van der Waals surface area contributed by atoms with Crippen molar-refractivity contribution in [3.05, 3.63) is 34.9 Å². The Morgan fingerprint density at radius 3 is 2.59 bits per heavy atom. The highest BCUT2D eigenvalue weighted by Crippen LogP contribution is 2.62. The number of hydrogen-bond donors (Lipinski definition) is 1. The zero-order chi connectivity index (χ0) is 23.3. The van der Waals surface area contributed by atoms with Crippen LogP contribution in [0.1, 0.15) is 63.1 Å². The Morgan fingerprint density at radius 2 is 2.00 bits per heavy atom. The van der Waals surface area contributed by atoms with E-state index in [1.807, 2.05) is 0 Å². The minimum absolute atomic E-state index is 0.0927. The first kappa shape index (κ1) is 23.2. The number of ether oxygens (including phenoxy) is 2. The van der Waals surface area contributed by atoms with Crippen LogP contribution >= 0.6 is 15.9 Å². The number of hydrogen-bond acceptors (Lipinski definition) is 5. The van der Waals surface area contributed by atoms with Crippen LogP contribution in [-0.2, 0) is 31.6 Å². The fourth-order valence-corrected chi connectivity index (χ4v) is 5.89. The van der Waals surface area contributed by atoms with Crippen molar-refractivity contribution in [2.45, 2.75) is 75.4 Å². The zero-order valence-electron chi connectivity index (χ0n) is 19.5. The van der Waals surface area contributed by atoms with Gasteiger partial charge in [0.1, 0.15) is 5.60 Å². The summed E-state index contributed by atoms with van der Waals surface area (Å²) >= 11 is 3.55. The molecule has 0 saturated heterocycles. The maximum absolute atomic E-state index is 14.0. The average Bonchev–Trinajstić information content (AvgIpc) is 3.14. The zero-order valence-corrected chi connectivity index (χ0v) is 21.0. The molecule has 1 aromatic rings. The van der Waals surface area contributed by atoms with Crippen LogP contribution in [0.5, 0.6) is 0 Å². The van der Waals surface area contributed by atoms with Crippen molar-refractivity contribution in [3.63, 3.8) is 0 Å². The van der Waals surface area contributed by atoms with Crippen LogP contribution in [0.3, 0.4) is 0 Å². The molecular formula is C24H32BrN3O4. The minimum atomic E-state index is -1.04. The monoisotopic (exact) mass is 505 g/mol. The number of alkyl carbamates (subject to hydrolysis) is 1. The predicted molar refractivity (Wildman–Crippen MR) is 126 cm³/mol. The molecule has 1 unspecified atom stereocenters. The van der Waals surface area contributed by atoms with Crippen molar-refractivity contribution in [2.75, 3.05) is 14.2 Å².